The van der Waals surface area contributed by atoms with Crippen LogP contribution in [-0.4, -0.2) is 127 Å². The Morgan fingerprint density at radius 3 is 1.30 bits per heavy atom. The minimum atomic E-state index is -4.43. The molecule has 0 amide bonds. The second-order valence-electron chi connectivity index (χ2n) is 8.80. The molecule has 0 radical (unpaired) electrons. The van der Waals surface area contributed by atoms with Gasteiger partial charge in [-0.25, -0.2) is 25.3 Å². The molecular weight excluding hydrogens is 705 g/mol. The van der Waals surface area contributed by atoms with Gasteiger partial charge in [0.1, 0.15) is 31.8 Å². The minimum absolute atomic E-state index is 0.539. The summed E-state index contributed by atoms with van der Waals surface area (Å²) in [6.45, 7) is -2.70. The Labute approximate surface area is 261 Å². The molecule has 0 rings (SSSR count). The number of ether oxygens (including phenoxy) is 4. The first kappa shape index (κ1) is 41.9. The van der Waals surface area contributed by atoms with E-state index < -0.39 is 169 Å². The normalized spacial score (nSPS) is 16.3. The van der Waals surface area contributed by atoms with Crippen LogP contribution >= 0.6 is 0 Å². The van der Waals surface area contributed by atoms with Crippen LogP contribution in [0.2, 0.25) is 0 Å². The van der Waals surface area contributed by atoms with Crippen LogP contribution in [-0.2, 0) is 97.1 Å². The van der Waals surface area contributed by atoms with Gasteiger partial charge in [0.05, 0.1) is 42.3 Å². The molecule has 0 saturated heterocycles. The highest BCUT2D eigenvalue weighted by Crippen LogP contribution is 2.23. The standard InChI is InChI=1S/C20H32O19S5/c1-14(44(34,35)9-5-18(24)43(32)33)19(25)39-13-20(10-36-15(21)2-6-40(26)27,11-37-16(22)3-7-41(28)29)12-38-17(23)4-8-42(30)31/h14H,2-13H2,1H3,(H,26,27)(H,28,29)(H,30,31)(H,32,33). The van der Waals surface area contributed by atoms with Gasteiger partial charge in [0, 0.05) is 6.42 Å². The van der Waals surface area contributed by atoms with E-state index in [9.17, 15) is 49.2 Å². The van der Waals surface area contributed by atoms with Gasteiger partial charge in [-0.3, -0.25) is 24.0 Å². The molecular formula is C20H32O19S5. The number of hydrogen-bond acceptors (Lipinski definition) is 15. The highest BCUT2D eigenvalue weighted by molar-refractivity contribution is 7.95. The Hall–Kier alpha value is -2.06. The lowest BCUT2D eigenvalue weighted by atomic mass is 9.92. The van der Waals surface area contributed by atoms with Crippen LogP contribution in [0.4, 0.5) is 0 Å². The number of hydrogen-bond donors (Lipinski definition) is 4. The molecule has 0 aromatic heterocycles. The van der Waals surface area contributed by atoms with E-state index in [1.54, 1.807) is 0 Å². The molecule has 0 heterocycles. The minimum Gasteiger partial charge on any atom is -0.465 e. The van der Waals surface area contributed by atoms with Crippen LogP contribution in [0.1, 0.15) is 32.6 Å². The van der Waals surface area contributed by atoms with Crippen LogP contribution in [0.25, 0.3) is 0 Å². The Bertz CT molecular complexity index is 1150. The van der Waals surface area contributed by atoms with Gasteiger partial charge in [0.2, 0.25) is 16.2 Å². The van der Waals surface area contributed by atoms with Crippen molar-refractivity contribution in [1.29, 1.82) is 0 Å². The summed E-state index contributed by atoms with van der Waals surface area (Å²) in [5.74, 6) is -7.29. The third-order valence-electron chi connectivity index (χ3n) is 5.24. The fraction of sp³-hybridized carbons (Fsp3) is 0.750. The van der Waals surface area contributed by atoms with Gasteiger partial charge >= 0.3 is 23.9 Å². The number of sulfone groups is 1. The van der Waals surface area contributed by atoms with E-state index in [0.717, 1.165) is 6.92 Å². The maximum absolute atomic E-state index is 12.7. The van der Waals surface area contributed by atoms with Crippen LogP contribution in [0.3, 0.4) is 0 Å². The van der Waals surface area contributed by atoms with Crippen molar-refractivity contribution < 1.29 is 86.4 Å². The maximum atomic E-state index is 12.7. The first-order valence-electron chi connectivity index (χ1n) is 12.0. The molecule has 0 bridgehead atoms. The zero-order valence-corrected chi connectivity index (χ0v) is 27.1. The van der Waals surface area contributed by atoms with E-state index in [0.29, 0.717) is 0 Å². The van der Waals surface area contributed by atoms with Gasteiger partial charge in [-0.1, -0.05) is 0 Å². The van der Waals surface area contributed by atoms with E-state index in [1.165, 1.54) is 0 Å². The highest BCUT2D eigenvalue weighted by Gasteiger charge is 2.40. The molecule has 4 N–H and O–H groups in total. The first-order chi connectivity index (χ1) is 20.3. The van der Waals surface area contributed by atoms with Gasteiger partial charge < -0.3 is 37.2 Å². The molecule has 256 valence electrons. The molecule has 0 fully saturated rings. The summed E-state index contributed by atoms with van der Waals surface area (Å²) in [5.41, 5.74) is -1.97. The molecule has 0 spiro atoms. The summed E-state index contributed by atoms with van der Waals surface area (Å²) >= 11 is -10.1. The predicted molar refractivity (Wildman–Crippen MR) is 151 cm³/mol. The Balaban J connectivity index is 6.05. The van der Waals surface area contributed by atoms with Crippen LogP contribution in [0.5, 0.6) is 0 Å². The molecule has 0 aliphatic carbocycles. The second kappa shape index (κ2) is 20.9. The predicted octanol–water partition coefficient (Wildman–Crippen LogP) is -2.08. The summed E-state index contributed by atoms with van der Waals surface area (Å²) in [4.78, 5) is 60.3. The lowest BCUT2D eigenvalue weighted by molar-refractivity contribution is -0.170. The largest absolute Gasteiger partial charge is 0.465 e. The molecule has 44 heavy (non-hydrogen) atoms. The van der Waals surface area contributed by atoms with E-state index in [2.05, 4.69) is 0 Å². The zero-order valence-electron chi connectivity index (χ0n) is 23.0. The van der Waals surface area contributed by atoms with Crippen molar-refractivity contribution in [2.45, 2.75) is 37.9 Å². The summed E-state index contributed by atoms with van der Waals surface area (Å²) in [7, 11) is -4.43. The summed E-state index contributed by atoms with van der Waals surface area (Å²) < 4.78 is 124. The molecule has 0 aliphatic heterocycles. The SMILES string of the molecule is CC(C(=O)OCC(COC(=O)CCS(=O)O)(COC(=O)CCS(=O)O)COC(=O)CCS(=O)O)S(=O)(=O)CCC(=O)S(=O)O. The first-order valence-corrected chi connectivity index (χ1v) is 18.7. The third kappa shape index (κ3) is 18.7. The Morgan fingerprint density at radius 1 is 0.636 bits per heavy atom. The molecule has 0 aromatic carbocycles. The molecule has 0 saturated carbocycles. The van der Waals surface area contributed by atoms with Crippen molar-refractivity contribution in [1.82, 2.24) is 0 Å². The average molecular weight is 737 g/mol. The quantitative estimate of drug-likeness (QED) is 0.0526. The van der Waals surface area contributed by atoms with E-state index in [4.69, 9.17) is 37.2 Å². The molecule has 19 nitrogen and oxygen atoms in total. The van der Waals surface area contributed by atoms with Gasteiger partial charge in [0.25, 0.3) is 0 Å². The number of carbonyl (C=O) groups excluding carboxylic acids is 5. The van der Waals surface area contributed by atoms with E-state index >= 15 is 0 Å². The van der Waals surface area contributed by atoms with Gasteiger partial charge in [-0.15, -0.1) is 0 Å². The van der Waals surface area contributed by atoms with Crippen LogP contribution in [0, 0.1) is 5.41 Å². The molecule has 0 aliphatic rings. The fourth-order valence-corrected chi connectivity index (χ4v) is 5.27. The monoisotopic (exact) mass is 736 g/mol. The third-order valence-corrected chi connectivity index (χ3v) is 9.53. The van der Waals surface area contributed by atoms with Crippen molar-refractivity contribution in [3.8, 4) is 0 Å². The van der Waals surface area contributed by atoms with E-state index in [-0.39, 0.29) is 0 Å². The fourth-order valence-electron chi connectivity index (χ4n) is 2.66. The second-order valence-corrected chi connectivity index (χ2v) is 15.3. The van der Waals surface area contributed by atoms with Crippen molar-refractivity contribution in [2.24, 2.45) is 5.41 Å². The zero-order chi connectivity index (χ0) is 34.1. The van der Waals surface area contributed by atoms with Crippen molar-refractivity contribution in [2.75, 3.05) is 49.4 Å². The van der Waals surface area contributed by atoms with Crippen LogP contribution in [0.15, 0.2) is 0 Å². The van der Waals surface area contributed by atoms with Crippen molar-refractivity contribution in [3.63, 3.8) is 0 Å². The van der Waals surface area contributed by atoms with Crippen LogP contribution < -0.4 is 0 Å². The Morgan fingerprint density at radius 2 is 0.977 bits per heavy atom. The van der Waals surface area contributed by atoms with E-state index in [1.807, 2.05) is 0 Å². The number of rotatable bonds is 22. The number of carbonyl (C=O) groups is 5. The smallest absolute Gasteiger partial charge is 0.324 e. The summed E-state index contributed by atoms with van der Waals surface area (Å²) in [6.07, 6.45) is -2.66. The van der Waals surface area contributed by atoms with Gasteiger partial charge in [0.15, 0.2) is 48.3 Å². The topological polar surface area (TPSA) is 306 Å². The van der Waals surface area contributed by atoms with Gasteiger partial charge in [-0.2, -0.15) is 0 Å². The average Bonchev–Trinajstić information content (AvgIpc) is 2.94. The molecule has 0 aromatic rings. The lowest BCUT2D eigenvalue weighted by Crippen LogP contribution is -2.45. The molecule has 5 atom stereocenters. The highest BCUT2D eigenvalue weighted by atomic mass is 32.2. The molecule has 5 unspecified atom stereocenters. The summed E-state index contributed by atoms with van der Waals surface area (Å²) in [6, 6.07) is 0. The van der Waals surface area contributed by atoms with Crippen molar-refractivity contribution >= 4 is 83.2 Å². The Kier molecular flexibility index (Phi) is 19.9. The maximum Gasteiger partial charge on any atom is 0.324 e. The van der Waals surface area contributed by atoms with Gasteiger partial charge in [-0.05, 0) is 6.92 Å². The van der Waals surface area contributed by atoms with Crippen molar-refractivity contribution in [3.05, 3.63) is 0 Å². The summed E-state index contributed by atoms with van der Waals surface area (Å²) in [5, 5.41) is -3.27. The molecule has 24 heteroatoms. The number of esters is 4. The lowest BCUT2D eigenvalue weighted by Gasteiger charge is -2.32.